The molecule has 2 aliphatic rings. The molecular formula is C11H16N4. The van der Waals surface area contributed by atoms with Crippen LogP contribution in [0.1, 0.15) is 30.9 Å². The molecule has 1 saturated heterocycles. The van der Waals surface area contributed by atoms with Gasteiger partial charge in [-0.1, -0.05) is 0 Å². The van der Waals surface area contributed by atoms with Gasteiger partial charge in [0.25, 0.3) is 0 Å². The normalized spacial score (nSPS) is 25.9. The molecule has 0 bridgehead atoms. The van der Waals surface area contributed by atoms with Crippen molar-refractivity contribution in [2.24, 2.45) is 5.73 Å². The first-order valence-electron chi connectivity index (χ1n) is 5.65. The van der Waals surface area contributed by atoms with Gasteiger partial charge in [0.15, 0.2) is 0 Å². The van der Waals surface area contributed by atoms with Gasteiger partial charge < -0.3 is 10.6 Å². The van der Waals surface area contributed by atoms with Crippen molar-refractivity contribution in [3.63, 3.8) is 0 Å². The zero-order valence-corrected chi connectivity index (χ0v) is 8.76. The van der Waals surface area contributed by atoms with E-state index >= 15 is 0 Å². The van der Waals surface area contributed by atoms with Gasteiger partial charge in [0.05, 0.1) is 0 Å². The van der Waals surface area contributed by atoms with Gasteiger partial charge in [-0.25, -0.2) is 9.97 Å². The Morgan fingerprint density at radius 1 is 1.27 bits per heavy atom. The molecule has 0 amide bonds. The maximum atomic E-state index is 5.89. The molecule has 1 aliphatic heterocycles. The van der Waals surface area contributed by atoms with Crippen LogP contribution >= 0.6 is 0 Å². The summed E-state index contributed by atoms with van der Waals surface area (Å²) in [5.41, 5.74) is 7.10. The lowest BCUT2D eigenvalue weighted by molar-refractivity contribution is 0.751. The van der Waals surface area contributed by atoms with Crippen LogP contribution < -0.4 is 10.6 Å². The predicted octanol–water partition coefficient (Wildman–Crippen LogP) is 0.891. The highest BCUT2D eigenvalue weighted by molar-refractivity contribution is 5.41. The molecule has 1 aliphatic carbocycles. The summed E-state index contributed by atoms with van der Waals surface area (Å²) >= 11 is 0. The Morgan fingerprint density at radius 2 is 2.13 bits per heavy atom. The highest BCUT2D eigenvalue weighted by atomic mass is 15.2. The molecule has 1 saturated carbocycles. The number of hydrogen-bond acceptors (Lipinski definition) is 4. The van der Waals surface area contributed by atoms with Crippen LogP contribution in [0.3, 0.4) is 0 Å². The van der Waals surface area contributed by atoms with Gasteiger partial charge in [-0.05, 0) is 19.3 Å². The van der Waals surface area contributed by atoms with Crippen LogP contribution in [-0.4, -0.2) is 29.1 Å². The Hall–Kier alpha value is -1.16. The summed E-state index contributed by atoms with van der Waals surface area (Å²) in [6.07, 6.45) is 5.33. The van der Waals surface area contributed by atoms with E-state index in [0.29, 0.717) is 12.0 Å². The lowest BCUT2D eigenvalue weighted by atomic mass is 10.3. The lowest BCUT2D eigenvalue weighted by Gasteiger charge is -2.16. The van der Waals surface area contributed by atoms with Crippen molar-refractivity contribution in [1.29, 1.82) is 0 Å². The van der Waals surface area contributed by atoms with E-state index < -0.39 is 0 Å². The quantitative estimate of drug-likeness (QED) is 0.777. The molecule has 1 atom stereocenters. The lowest BCUT2D eigenvalue weighted by Crippen LogP contribution is -2.26. The van der Waals surface area contributed by atoms with E-state index in [1.54, 1.807) is 6.33 Å². The predicted molar refractivity (Wildman–Crippen MR) is 58.8 cm³/mol. The Morgan fingerprint density at radius 3 is 2.80 bits per heavy atom. The second-order valence-corrected chi connectivity index (χ2v) is 4.57. The first-order valence-corrected chi connectivity index (χ1v) is 5.65. The highest BCUT2D eigenvalue weighted by Crippen LogP contribution is 2.39. The minimum Gasteiger partial charge on any atom is -0.355 e. The third-order valence-corrected chi connectivity index (χ3v) is 3.22. The minimum atomic E-state index is 0.310. The van der Waals surface area contributed by atoms with Crippen LogP contribution in [0.15, 0.2) is 12.4 Å². The van der Waals surface area contributed by atoms with Crippen molar-refractivity contribution in [2.75, 3.05) is 18.0 Å². The van der Waals surface area contributed by atoms with Crippen LogP contribution in [0.5, 0.6) is 0 Å². The molecule has 4 nitrogen and oxygen atoms in total. The molecule has 15 heavy (non-hydrogen) atoms. The molecule has 0 spiro atoms. The van der Waals surface area contributed by atoms with Gasteiger partial charge in [-0.15, -0.1) is 0 Å². The zero-order valence-electron chi connectivity index (χ0n) is 8.76. The van der Waals surface area contributed by atoms with Crippen LogP contribution in [0.2, 0.25) is 0 Å². The molecule has 2 N–H and O–H groups in total. The fraction of sp³-hybridized carbons (Fsp3) is 0.636. The van der Waals surface area contributed by atoms with Gasteiger partial charge in [0.2, 0.25) is 0 Å². The molecule has 1 aromatic rings. The third kappa shape index (κ3) is 1.81. The van der Waals surface area contributed by atoms with Crippen molar-refractivity contribution in [2.45, 2.75) is 31.2 Å². The molecular weight excluding hydrogens is 188 g/mol. The average molecular weight is 204 g/mol. The number of nitrogens with two attached hydrogens (primary N) is 1. The SMILES string of the molecule is NC1CCN(c2cc(C3CC3)ncn2)C1. The van der Waals surface area contributed by atoms with Crippen molar-refractivity contribution in [3.05, 3.63) is 18.1 Å². The van der Waals surface area contributed by atoms with Crippen molar-refractivity contribution in [1.82, 2.24) is 9.97 Å². The van der Waals surface area contributed by atoms with Gasteiger partial charge in [0.1, 0.15) is 12.1 Å². The van der Waals surface area contributed by atoms with Gasteiger partial charge in [-0.2, -0.15) is 0 Å². The van der Waals surface area contributed by atoms with E-state index in [2.05, 4.69) is 20.9 Å². The molecule has 4 heteroatoms. The monoisotopic (exact) mass is 204 g/mol. The maximum absolute atomic E-state index is 5.89. The number of anilines is 1. The maximum Gasteiger partial charge on any atom is 0.132 e. The number of nitrogens with zero attached hydrogens (tertiary/aromatic N) is 3. The van der Waals surface area contributed by atoms with Gasteiger partial charge in [0, 0.05) is 36.8 Å². The summed E-state index contributed by atoms with van der Waals surface area (Å²) in [5, 5.41) is 0. The van der Waals surface area contributed by atoms with E-state index in [4.69, 9.17) is 5.73 Å². The Balaban J connectivity index is 1.81. The van der Waals surface area contributed by atoms with Crippen molar-refractivity contribution < 1.29 is 0 Å². The Labute approximate surface area is 89.5 Å². The summed E-state index contributed by atoms with van der Waals surface area (Å²) in [4.78, 5) is 10.9. The zero-order chi connectivity index (χ0) is 10.3. The minimum absolute atomic E-state index is 0.310. The Kier molecular flexibility index (Phi) is 2.09. The standard InChI is InChI=1S/C11H16N4/c12-9-3-4-15(6-9)11-5-10(8-1-2-8)13-7-14-11/h5,7-9H,1-4,6,12H2. The molecule has 3 rings (SSSR count). The Bertz CT molecular complexity index is 361. The van der Waals surface area contributed by atoms with Crippen molar-refractivity contribution in [3.8, 4) is 0 Å². The molecule has 80 valence electrons. The number of rotatable bonds is 2. The summed E-state index contributed by atoms with van der Waals surface area (Å²) in [6.45, 7) is 1.96. The van der Waals surface area contributed by atoms with Gasteiger partial charge in [-0.3, -0.25) is 0 Å². The van der Waals surface area contributed by atoms with E-state index in [1.807, 2.05) is 0 Å². The molecule has 1 unspecified atom stereocenters. The fourth-order valence-corrected chi connectivity index (χ4v) is 2.13. The second kappa shape index (κ2) is 3.45. The summed E-state index contributed by atoms with van der Waals surface area (Å²) in [5.74, 6) is 1.75. The van der Waals surface area contributed by atoms with Crippen LogP contribution in [-0.2, 0) is 0 Å². The highest BCUT2D eigenvalue weighted by Gasteiger charge is 2.27. The fourth-order valence-electron chi connectivity index (χ4n) is 2.13. The second-order valence-electron chi connectivity index (χ2n) is 4.57. The van der Waals surface area contributed by atoms with E-state index in [0.717, 1.165) is 25.3 Å². The smallest absolute Gasteiger partial charge is 0.132 e. The third-order valence-electron chi connectivity index (χ3n) is 3.22. The molecule has 2 heterocycles. The molecule has 2 fully saturated rings. The van der Waals surface area contributed by atoms with Gasteiger partial charge >= 0.3 is 0 Å². The number of aromatic nitrogens is 2. The topological polar surface area (TPSA) is 55.0 Å². The number of hydrogen-bond donors (Lipinski definition) is 1. The molecule has 1 aromatic heterocycles. The van der Waals surface area contributed by atoms with Crippen LogP contribution in [0, 0.1) is 0 Å². The van der Waals surface area contributed by atoms with E-state index in [-0.39, 0.29) is 0 Å². The molecule has 0 aromatic carbocycles. The van der Waals surface area contributed by atoms with Crippen molar-refractivity contribution >= 4 is 5.82 Å². The van der Waals surface area contributed by atoms with E-state index in [9.17, 15) is 0 Å². The largest absolute Gasteiger partial charge is 0.355 e. The van der Waals surface area contributed by atoms with E-state index in [1.165, 1.54) is 18.5 Å². The summed E-state index contributed by atoms with van der Waals surface area (Å²) in [6, 6.07) is 2.44. The average Bonchev–Trinajstić information content (AvgIpc) is 3.02. The van der Waals surface area contributed by atoms with Crippen LogP contribution in [0.4, 0.5) is 5.82 Å². The first-order chi connectivity index (χ1) is 7.33. The van der Waals surface area contributed by atoms with Crippen LogP contribution in [0.25, 0.3) is 0 Å². The summed E-state index contributed by atoms with van der Waals surface area (Å²) in [7, 11) is 0. The first kappa shape index (κ1) is 9.09. The molecule has 0 radical (unpaired) electrons. The summed E-state index contributed by atoms with van der Waals surface area (Å²) < 4.78 is 0.